The lowest BCUT2D eigenvalue weighted by Crippen LogP contribution is -2.49. The number of sulfonamides is 1. The van der Waals surface area contributed by atoms with E-state index in [-0.39, 0.29) is 5.82 Å². The van der Waals surface area contributed by atoms with Crippen molar-refractivity contribution >= 4 is 32.4 Å². The molecular formula is C16H18FN3O3S2. The Morgan fingerprint density at radius 2 is 2.12 bits per heavy atom. The van der Waals surface area contributed by atoms with Crippen molar-refractivity contribution in [2.24, 2.45) is 0 Å². The first kappa shape index (κ1) is 18.0. The summed E-state index contributed by atoms with van der Waals surface area (Å²) in [5, 5.41) is 4.64. The number of hydrogen-bond donors (Lipinski definition) is 1. The summed E-state index contributed by atoms with van der Waals surface area (Å²) in [6.07, 6.45) is 3.12. The van der Waals surface area contributed by atoms with Crippen molar-refractivity contribution in [2.45, 2.75) is 25.3 Å². The highest BCUT2D eigenvalue weighted by Gasteiger charge is 2.34. The van der Waals surface area contributed by atoms with Gasteiger partial charge in [-0.3, -0.25) is 4.79 Å². The molecule has 1 atom stereocenters. The van der Waals surface area contributed by atoms with Gasteiger partial charge in [0.25, 0.3) is 0 Å². The van der Waals surface area contributed by atoms with E-state index in [0.717, 1.165) is 19.1 Å². The van der Waals surface area contributed by atoms with Crippen molar-refractivity contribution in [1.82, 2.24) is 9.29 Å². The average molecular weight is 383 g/mol. The van der Waals surface area contributed by atoms with Crippen LogP contribution < -0.4 is 5.32 Å². The highest BCUT2D eigenvalue weighted by Crippen LogP contribution is 2.28. The number of thiazole rings is 1. The van der Waals surface area contributed by atoms with Crippen LogP contribution in [0, 0.1) is 5.82 Å². The van der Waals surface area contributed by atoms with E-state index in [0.29, 0.717) is 29.4 Å². The molecule has 1 aliphatic rings. The first-order valence-corrected chi connectivity index (χ1v) is 10.6. The normalized spacial score (nSPS) is 18.9. The van der Waals surface area contributed by atoms with Gasteiger partial charge in [-0.25, -0.2) is 17.8 Å². The molecule has 1 N–H and O–H groups in total. The van der Waals surface area contributed by atoms with E-state index in [9.17, 15) is 17.6 Å². The van der Waals surface area contributed by atoms with Crippen LogP contribution in [0.25, 0.3) is 11.3 Å². The zero-order valence-electron chi connectivity index (χ0n) is 13.6. The topological polar surface area (TPSA) is 79.4 Å². The average Bonchev–Trinajstić information content (AvgIpc) is 3.02. The fraction of sp³-hybridized carbons (Fsp3) is 0.375. The van der Waals surface area contributed by atoms with E-state index in [2.05, 4.69) is 10.3 Å². The minimum atomic E-state index is -3.45. The smallest absolute Gasteiger partial charge is 0.244 e. The van der Waals surface area contributed by atoms with Crippen LogP contribution in [-0.4, -0.2) is 42.5 Å². The number of halogens is 1. The number of amides is 1. The van der Waals surface area contributed by atoms with Gasteiger partial charge in [-0.2, -0.15) is 4.31 Å². The van der Waals surface area contributed by atoms with Gasteiger partial charge < -0.3 is 5.32 Å². The Morgan fingerprint density at radius 3 is 2.84 bits per heavy atom. The van der Waals surface area contributed by atoms with Gasteiger partial charge >= 0.3 is 0 Å². The highest BCUT2D eigenvalue weighted by atomic mass is 32.2. The second kappa shape index (κ2) is 7.19. The first-order valence-electron chi connectivity index (χ1n) is 7.84. The number of aromatic nitrogens is 1. The third-order valence-corrected chi connectivity index (χ3v) is 6.11. The summed E-state index contributed by atoms with van der Waals surface area (Å²) in [4.78, 5) is 16.8. The van der Waals surface area contributed by atoms with Crippen LogP contribution in [0.3, 0.4) is 0 Å². The summed E-state index contributed by atoms with van der Waals surface area (Å²) in [7, 11) is -3.45. The van der Waals surface area contributed by atoms with Crippen LogP contribution in [0.5, 0.6) is 0 Å². The van der Waals surface area contributed by atoms with Crippen molar-refractivity contribution in [3.05, 3.63) is 35.5 Å². The van der Waals surface area contributed by atoms with Crippen LogP contribution >= 0.6 is 11.3 Å². The molecule has 134 valence electrons. The number of carbonyl (C=O) groups excluding carboxylic acids is 1. The molecule has 1 amide bonds. The number of anilines is 1. The Kier molecular flexibility index (Phi) is 5.16. The summed E-state index contributed by atoms with van der Waals surface area (Å²) >= 11 is 1.18. The Labute approximate surface area is 149 Å². The van der Waals surface area contributed by atoms with Gasteiger partial charge in [0.1, 0.15) is 11.9 Å². The van der Waals surface area contributed by atoms with E-state index in [1.807, 2.05) is 0 Å². The zero-order chi connectivity index (χ0) is 18.0. The van der Waals surface area contributed by atoms with Gasteiger partial charge in [-0.1, -0.05) is 18.6 Å². The Morgan fingerprint density at radius 1 is 1.36 bits per heavy atom. The fourth-order valence-electron chi connectivity index (χ4n) is 2.88. The van der Waals surface area contributed by atoms with Crippen LogP contribution in [0.1, 0.15) is 19.3 Å². The van der Waals surface area contributed by atoms with Gasteiger partial charge in [0.05, 0.1) is 11.9 Å². The minimum Gasteiger partial charge on any atom is -0.301 e. The third-order valence-electron chi connectivity index (χ3n) is 4.07. The second-order valence-electron chi connectivity index (χ2n) is 5.89. The maximum absolute atomic E-state index is 13.8. The molecule has 1 aromatic heterocycles. The molecule has 0 spiro atoms. The number of carbonyl (C=O) groups is 1. The molecule has 0 bridgehead atoms. The van der Waals surface area contributed by atoms with Crippen molar-refractivity contribution < 1.29 is 17.6 Å². The monoisotopic (exact) mass is 383 g/mol. The summed E-state index contributed by atoms with van der Waals surface area (Å²) in [6, 6.07) is 5.53. The Balaban J connectivity index is 1.76. The van der Waals surface area contributed by atoms with Crippen molar-refractivity contribution in [2.75, 3.05) is 18.1 Å². The Hall–Kier alpha value is -1.84. The third kappa shape index (κ3) is 4.05. The van der Waals surface area contributed by atoms with Gasteiger partial charge in [-0.05, 0) is 25.0 Å². The van der Waals surface area contributed by atoms with E-state index >= 15 is 0 Å². The maximum atomic E-state index is 13.8. The van der Waals surface area contributed by atoms with Crippen molar-refractivity contribution in [3.63, 3.8) is 0 Å². The predicted molar refractivity (Wildman–Crippen MR) is 95.3 cm³/mol. The molecule has 0 saturated carbocycles. The second-order valence-corrected chi connectivity index (χ2v) is 8.69. The SMILES string of the molecule is CS(=O)(=O)N1CCCCC1C(=O)Nc1nc(-c2ccccc2F)cs1. The number of nitrogens with zero attached hydrogens (tertiary/aromatic N) is 2. The fourth-order valence-corrected chi connectivity index (χ4v) is 4.71. The van der Waals surface area contributed by atoms with Crippen molar-refractivity contribution in [3.8, 4) is 11.3 Å². The first-order chi connectivity index (χ1) is 11.9. The lowest BCUT2D eigenvalue weighted by atomic mass is 10.0. The van der Waals surface area contributed by atoms with E-state index in [4.69, 9.17) is 0 Å². The number of nitrogens with one attached hydrogen (secondary N) is 1. The summed E-state index contributed by atoms with van der Waals surface area (Å²) < 4.78 is 38.8. The quantitative estimate of drug-likeness (QED) is 0.880. The van der Waals surface area contributed by atoms with Crippen LogP contribution in [0.4, 0.5) is 9.52 Å². The molecule has 2 heterocycles. The summed E-state index contributed by atoms with van der Waals surface area (Å²) in [6.45, 7) is 0.343. The molecule has 2 aromatic rings. The van der Waals surface area contributed by atoms with Crippen LogP contribution in [0.15, 0.2) is 29.6 Å². The van der Waals surface area contributed by atoms with E-state index in [1.54, 1.807) is 23.6 Å². The number of piperidine rings is 1. The zero-order valence-corrected chi connectivity index (χ0v) is 15.2. The molecule has 0 aliphatic carbocycles. The van der Waals surface area contributed by atoms with Crippen LogP contribution in [0.2, 0.25) is 0 Å². The summed E-state index contributed by atoms with van der Waals surface area (Å²) in [5.74, 6) is -0.791. The molecule has 3 rings (SSSR count). The molecule has 0 radical (unpaired) electrons. The van der Waals surface area contributed by atoms with E-state index in [1.165, 1.54) is 21.7 Å². The predicted octanol–water partition coefficient (Wildman–Crippen LogP) is 2.70. The molecule has 1 aliphatic heterocycles. The molecule has 6 nitrogen and oxygen atoms in total. The largest absolute Gasteiger partial charge is 0.301 e. The number of benzene rings is 1. The van der Waals surface area contributed by atoms with Gasteiger partial charge in [0, 0.05) is 17.5 Å². The standard InChI is InChI=1S/C16H18FN3O3S2/c1-25(22,23)20-9-5-4-8-14(20)15(21)19-16-18-13(10-24-16)11-6-2-3-7-12(11)17/h2-3,6-7,10,14H,4-5,8-9H2,1H3,(H,18,19,21). The molecule has 1 saturated heterocycles. The minimum absolute atomic E-state index is 0.322. The highest BCUT2D eigenvalue weighted by molar-refractivity contribution is 7.88. The van der Waals surface area contributed by atoms with Gasteiger partial charge in [-0.15, -0.1) is 11.3 Å². The van der Waals surface area contributed by atoms with E-state index < -0.39 is 22.0 Å². The molecule has 1 aromatic carbocycles. The van der Waals surface area contributed by atoms with Gasteiger partial charge in [0.2, 0.25) is 15.9 Å². The molecule has 9 heteroatoms. The number of rotatable bonds is 4. The van der Waals surface area contributed by atoms with Gasteiger partial charge in [0.15, 0.2) is 5.13 Å². The molecule has 1 unspecified atom stereocenters. The molecule has 25 heavy (non-hydrogen) atoms. The summed E-state index contributed by atoms with van der Waals surface area (Å²) in [5.41, 5.74) is 0.789. The molecule has 1 fully saturated rings. The van der Waals surface area contributed by atoms with Crippen molar-refractivity contribution in [1.29, 1.82) is 0 Å². The lowest BCUT2D eigenvalue weighted by Gasteiger charge is -2.32. The Bertz CT molecular complexity index is 882. The maximum Gasteiger partial charge on any atom is 0.244 e. The van der Waals surface area contributed by atoms with Crippen LogP contribution in [-0.2, 0) is 14.8 Å². The lowest BCUT2D eigenvalue weighted by molar-refractivity contribution is -0.120. The number of hydrogen-bond acceptors (Lipinski definition) is 5. The molecular weight excluding hydrogens is 365 g/mol.